The van der Waals surface area contributed by atoms with Crippen molar-refractivity contribution in [3.63, 3.8) is 0 Å². The fraction of sp³-hybridized carbons (Fsp3) is 0.300. The summed E-state index contributed by atoms with van der Waals surface area (Å²) in [6.07, 6.45) is 7.05. The van der Waals surface area contributed by atoms with E-state index in [0.717, 1.165) is 45.8 Å². The SMILES string of the molecule is C/C=C(\C=NC)c1cnc2c(c1)N=C(N)C2Cc1ccc(OC(CC)c2ccc(OC)cc2)c(OC)c1. The van der Waals surface area contributed by atoms with E-state index >= 15 is 0 Å². The molecule has 0 fully saturated rings. The van der Waals surface area contributed by atoms with Crippen LogP contribution in [0.2, 0.25) is 0 Å². The van der Waals surface area contributed by atoms with Crippen molar-refractivity contribution in [1.82, 2.24) is 4.98 Å². The first kappa shape index (κ1) is 25.9. The minimum atomic E-state index is -0.103. The number of ether oxygens (including phenoxy) is 3. The number of hydrogen-bond acceptors (Lipinski definition) is 7. The van der Waals surface area contributed by atoms with Crippen molar-refractivity contribution in [1.29, 1.82) is 0 Å². The van der Waals surface area contributed by atoms with Gasteiger partial charge in [0.2, 0.25) is 0 Å². The Kier molecular flexibility index (Phi) is 8.23. The number of pyridine rings is 1. The maximum absolute atomic E-state index is 6.37. The van der Waals surface area contributed by atoms with Gasteiger partial charge < -0.3 is 19.9 Å². The second kappa shape index (κ2) is 11.7. The van der Waals surface area contributed by atoms with Gasteiger partial charge in [-0.25, -0.2) is 4.99 Å². The lowest BCUT2D eigenvalue weighted by Crippen LogP contribution is -2.20. The number of aromatic nitrogens is 1. The molecule has 2 heterocycles. The number of benzene rings is 2. The number of rotatable bonds is 10. The molecular formula is C30H34N4O3. The first-order chi connectivity index (χ1) is 18.0. The predicted molar refractivity (Wildman–Crippen MR) is 150 cm³/mol. The van der Waals surface area contributed by atoms with Crippen LogP contribution < -0.4 is 19.9 Å². The van der Waals surface area contributed by atoms with Crippen LogP contribution in [0.5, 0.6) is 17.2 Å². The highest BCUT2D eigenvalue weighted by molar-refractivity contribution is 6.10. The largest absolute Gasteiger partial charge is 0.497 e. The van der Waals surface area contributed by atoms with Crippen molar-refractivity contribution in [2.24, 2.45) is 15.7 Å². The molecule has 37 heavy (non-hydrogen) atoms. The van der Waals surface area contributed by atoms with E-state index in [1.165, 1.54) is 0 Å². The van der Waals surface area contributed by atoms with Crippen molar-refractivity contribution < 1.29 is 14.2 Å². The third-order valence-corrected chi connectivity index (χ3v) is 6.54. The van der Waals surface area contributed by atoms with E-state index in [2.05, 4.69) is 16.9 Å². The number of nitrogens with zero attached hydrogens (tertiary/aromatic N) is 3. The van der Waals surface area contributed by atoms with Gasteiger partial charge in [-0.2, -0.15) is 0 Å². The van der Waals surface area contributed by atoms with Gasteiger partial charge in [-0.05, 0) is 66.8 Å². The Morgan fingerprint density at radius 3 is 2.51 bits per heavy atom. The molecule has 2 aromatic carbocycles. The molecule has 0 radical (unpaired) electrons. The van der Waals surface area contributed by atoms with E-state index in [9.17, 15) is 0 Å². The van der Waals surface area contributed by atoms with Crippen molar-refractivity contribution in [2.75, 3.05) is 21.3 Å². The van der Waals surface area contributed by atoms with Crippen LogP contribution in [-0.2, 0) is 6.42 Å². The fourth-order valence-corrected chi connectivity index (χ4v) is 4.52. The van der Waals surface area contributed by atoms with Crippen LogP contribution >= 0.6 is 0 Å². The van der Waals surface area contributed by atoms with Gasteiger partial charge in [0.1, 0.15) is 17.7 Å². The van der Waals surface area contributed by atoms with Crippen LogP contribution in [0.1, 0.15) is 54.7 Å². The minimum Gasteiger partial charge on any atom is -0.497 e. The van der Waals surface area contributed by atoms with Crippen molar-refractivity contribution in [3.8, 4) is 17.2 Å². The Labute approximate surface area is 218 Å². The molecule has 0 aliphatic carbocycles. The number of amidine groups is 1. The summed E-state index contributed by atoms with van der Waals surface area (Å²) in [5.74, 6) is 2.66. The molecule has 3 aromatic rings. The summed E-state index contributed by atoms with van der Waals surface area (Å²) in [6.45, 7) is 4.08. The Balaban J connectivity index is 1.53. The molecule has 7 nitrogen and oxygen atoms in total. The summed E-state index contributed by atoms with van der Waals surface area (Å²) in [5, 5.41) is 0. The summed E-state index contributed by atoms with van der Waals surface area (Å²) >= 11 is 0. The number of aliphatic imine (C=N–C) groups is 2. The summed E-state index contributed by atoms with van der Waals surface area (Å²) < 4.78 is 17.3. The highest BCUT2D eigenvalue weighted by atomic mass is 16.5. The van der Waals surface area contributed by atoms with E-state index in [1.54, 1.807) is 21.3 Å². The molecular weight excluding hydrogens is 464 g/mol. The number of nitrogens with two attached hydrogens (primary N) is 1. The zero-order valence-corrected chi connectivity index (χ0v) is 22.1. The Morgan fingerprint density at radius 1 is 1.08 bits per heavy atom. The predicted octanol–water partition coefficient (Wildman–Crippen LogP) is 6.06. The van der Waals surface area contributed by atoms with E-state index < -0.39 is 0 Å². The second-order valence-corrected chi connectivity index (χ2v) is 8.83. The topological polar surface area (TPSA) is 91.3 Å². The molecule has 0 amide bonds. The molecule has 2 N–H and O–H groups in total. The first-order valence-corrected chi connectivity index (χ1v) is 12.4. The number of fused-ring (bicyclic) bond motifs is 1. The third-order valence-electron chi connectivity index (χ3n) is 6.54. The van der Waals surface area contributed by atoms with Crippen LogP contribution in [-0.4, -0.2) is 38.3 Å². The normalized spacial score (nSPS) is 15.9. The van der Waals surface area contributed by atoms with Gasteiger partial charge in [-0.1, -0.05) is 31.2 Å². The molecule has 4 rings (SSSR count). The molecule has 0 saturated carbocycles. The lowest BCUT2D eigenvalue weighted by molar-refractivity contribution is 0.192. The van der Waals surface area contributed by atoms with Crippen LogP contribution in [0, 0.1) is 0 Å². The molecule has 192 valence electrons. The summed E-state index contributed by atoms with van der Waals surface area (Å²) in [5.41, 5.74) is 12.2. The molecule has 7 heteroatoms. The Morgan fingerprint density at radius 2 is 1.86 bits per heavy atom. The number of hydrogen-bond donors (Lipinski definition) is 1. The zero-order valence-electron chi connectivity index (χ0n) is 22.1. The molecule has 1 aliphatic heterocycles. The summed E-state index contributed by atoms with van der Waals surface area (Å²) in [4.78, 5) is 13.5. The van der Waals surface area contributed by atoms with Crippen molar-refractivity contribution in [3.05, 3.63) is 83.2 Å². The highest BCUT2D eigenvalue weighted by Gasteiger charge is 2.28. The molecule has 2 unspecified atom stereocenters. The van der Waals surface area contributed by atoms with Gasteiger partial charge in [-0.15, -0.1) is 0 Å². The summed E-state index contributed by atoms with van der Waals surface area (Å²) in [6, 6.07) is 16.0. The smallest absolute Gasteiger partial charge is 0.162 e. The van der Waals surface area contributed by atoms with Crippen molar-refractivity contribution >= 4 is 23.3 Å². The molecule has 1 aliphatic rings. The van der Waals surface area contributed by atoms with Gasteiger partial charge in [0.15, 0.2) is 11.5 Å². The van der Waals surface area contributed by atoms with Gasteiger partial charge in [0.25, 0.3) is 0 Å². The Bertz CT molecular complexity index is 1330. The van der Waals surface area contributed by atoms with Gasteiger partial charge in [-0.3, -0.25) is 9.98 Å². The van der Waals surface area contributed by atoms with Crippen LogP contribution in [0.15, 0.2) is 70.8 Å². The Hall–Kier alpha value is -4.13. The van der Waals surface area contributed by atoms with Crippen LogP contribution in [0.25, 0.3) is 5.57 Å². The second-order valence-electron chi connectivity index (χ2n) is 8.83. The standard InChI is InChI=1S/C30H34N4O3/c1-6-20(17-32-3)22-16-25-29(33-18-22)24(30(31)34-25)14-19-8-13-27(28(15-19)36-5)37-26(7-2)21-9-11-23(35-4)12-10-21/h6,8-13,15-18,24,26H,7,14H2,1-5H3,(H2,31,34)/b20-6+,32-17?. The van der Waals surface area contributed by atoms with Crippen LogP contribution in [0.4, 0.5) is 5.69 Å². The van der Waals surface area contributed by atoms with Gasteiger partial charge >= 0.3 is 0 Å². The number of methoxy groups -OCH3 is 2. The monoisotopic (exact) mass is 498 g/mol. The average Bonchev–Trinajstić information content (AvgIpc) is 3.24. The molecule has 0 spiro atoms. The quantitative estimate of drug-likeness (QED) is 0.343. The fourth-order valence-electron chi connectivity index (χ4n) is 4.52. The average molecular weight is 499 g/mol. The first-order valence-electron chi connectivity index (χ1n) is 12.4. The lowest BCUT2D eigenvalue weighted by Gasteiger charge is -2.21. The zero-order chi connectivity index (χ0) is 26.4. The van der Waals surface area contributed by atoms with Crippen LogP contribution in [0.3, 0.4) is 0 Å². The van der Waals surface area contributed by atoms with Crippen molar-refractivity contribution in [2.45, 2.75) is 38.7 Å². The molecule has 0 bridgehead atoms. The van der Waals surface area contributed by atoms with E-state index in [1.807, 2.05) is 73.9 Å². The molecule has 0 saturated heterocycles. The summed E-state index contributed by atoms with van der Waals surface area (Å²) in [7, 11) is 5.07. The lowest BCUT2D eigenvalue weighted by atomic mass is 9.94. The molecule has 1 aromatic heterocycles. The maximum Gasteiger partial charge on any atom is 0.162 e. The number of allylic oxidation sites excluding steroid dienone is 2. The van der Waals surface area contributed by atoms with E-state index in [-0.39, 0.29) is 12.0 Å². The maximum atomic E-state index is 6.37. The van der Waals surface area contributed by atoms with Gasteiger partial charge in [0, 0.05) is 25.0 Å². The molecule has 2 atom stereocenters. The van der Waals surface area contributed by atoms with E-state index in [4.69, 9.17) is 24.9 Å². The third kappa shape index (κ3) is 5.66. The highest BCUT2D eigenvalue weighted by Crippen LogP contribution is 2.38. The minimum absolute atomic E-state index is 0.0999. The van der Waals surface area contributed by atoms with E-state index in [0.29, 0.717) is 23.8 Å². The van der Waals surface area contributed by atoms with Gasteiger partial charge in [0.05, 0.1) is 31.5 Å².